The fourth-order valence-corrected chi connectivity index (χ4v) is 3.33. The number of halogens is 3. The Labute approximate surface area is 117 Å². The van der Waals surface area contributed by atoms with Crippen molar-refractivity contribution in [3.8, 4) is 0 Å². The third-order valence-corrected chi connectivity index (χ3v) is 4.49. The first kappa shape index (κ1) is 13.9. The van der Waals surface area contributed by atoms with Gasteiger partial charge in [-0.25, -0.2) is 0 Å². The molecule has 3 rings (SSSR count). The van der Waals surface area contributed by atoms with E-state index in [-0.39, 0.29) is 0 Å². The zero-order chi connectivity index (χ0) is 14.2. The normalized spacial score (nSPS) is 20.8. The molecule has 0 saturated heterocycles. The standard InChI is InChI=1S/C16H20F3N/c17-16(18,19)15-8-4-1-5-12(15)11-20(14-9-10-14)13-6-2-3-7-13/h1,4-5,8,13-14H,2-3,6-7,9-11H2. The van der Waals surface area contributed by atoms with Crippen LogP contribution >= 0.6 is 0 Å². The summed E-state index contributed by atoms with van der Waals surface area (Å²) in [6, 6.07) is 7.03. The second kappa shape index (κ2) is 5.40. The van der Waals surface area contributed by atoms with Crippen LogP contribution in [-0.4, -0.2) is 17.0 Å². The lowest BCUT2D eigenvalue weighted by Crippen LogP contribution is -2.35. The molecule has 0 spiro atoms. The van der Waals surface area contributed by atoms with Crippen molar-refractivity contribution < 1.29 is 13.2 Å². The summed E-state index contributed by atoms with van der Waals surface area (Å²) < 4.78 is 39.2. The highest BCUT2D eigenvalue weighted by molar-refractivity contribution is 5.29. The quantitative estimate of drug-likeness (QED) is 0.780. The molecular weight excluding hydrogens is 263 g/mol. The molecule has 4 heteroatoms. The number of benzene rings is 1. The lowest BCUT2D eigenvalue weighted by atomic mass is 10.0. The van der Waals surface area contributed by atoms with Gasteiger partial charge < -0.3 is 0 Å². The molecule has 110 valence electrons. The van der Waals surface area contributed by atoms with Crippen LogP contribution in [0.15, 0.2) is 24.3 Å². The number of alkyl halides is 3. The van der Waals surface area contributed by atoms with Crippen molar-refractivity contribution in [2.75, 3.05) is 0 Å². The summed E-state index contributed by atoms with van der Waals surface area (Å²) in [6.07, 6.45) is 2.76. The molecule has 2 aliphatic rings. The van der Waals surface area contributed by atoms with Crippen molar-refractivity contribution in [3.05, 3.63) is 35.4 Å². The van der Waals surface area contributed by atoms with Crippen molar-refractivity contribution in [1.82, 2.24) is 4.90 Å². The number of hydrogen-bond donors (Lipinski definition) is 0. The van der Waals surface area contributed by atoms with Crippen molar-refractivity contribution in [3.63, 3.8) is 0 Å². The van der Waals surface area contributed by atoms with Gasteiger partial charge in [0.25, 0.3) is 0 Å². The van der Waals surface area contributed by atoms with Gasteiger partial charge in [-0.3, -0.25) is 4.90 Å². The van der Waals surface area contributed by atoms with Crippen LogP contribution < -0.4 is 0 Å². The van der Waals surface area contributed by atoms with Gasteiger partial charge in [-0.05, 0) is 37.3 Å². The Hall–Kier alpha value is -1.03. The van der Waals surface area contributed by atoms with Crippen LogP contribution in [0.2, 0.25) is 0 Å². The van der Waals surface area contributed by atoms with Gasteiger partial charge in [-0.2, -0.15) is 13.2 Å². The molecule has 1 nitrogen and oxygen atoms in total. The summed E-state index contributed by atoms with van der Waals surface area (Å²) in [4.78, 5) is 2.33. The maximum absolute atomic E-state index is 13.1. The van der Waals surface area contributed by atoms with Gasteiger partial charge in [0.15, 0.2) is 0 Å². The average Bonchev–Trinajstić information content (AvgIpc) is 3.10. The molecule has 0 heterocycles. The maximum atomic E-state index is 13.1. The van der Waals surface area contributed by atoms with Gasteiger partial charge >= 0.3 is 6.18 Å². The fourth-order valence-electron chi connectivity index (χ4n) is 3.33. The minimum atomic E-state index is -4.25. The Morgan fingerprint density at radius 1 is 0.950 bits per heavy atom. The predicted molar refractivity (Wildman–Crippen MR) is 72.3 cm³/mol. The minimum absolute atomic E-state index is 0.429. The summed E-state index contributed by atoms with van der Waals surface area (Å²) in [5.74, 6) is 0. The highest BCUT2D eigenvalue weighted by atomic mass is 19.4. The highest BCUT2D eigenvalue weighted by Gasteiger charge is 2.38. The molecule has 0 aliphatic heterocycles. The first-order chi connectivity index (χ1) is 9.55. The second-order valence-corrected chi connectivity index (χ2v) is 6.00. The van der Waals surface area contributed by atoms with Crippen molar-refractivity contribution >= 4 is 0 Å². The molecular formula is C16H20F3N. The lowest BCUT2D eigenvalue weighted by molar-refractivity contribution is -0.138. The van der Waals surface area contributed by atoms with Gasteiger partial charge in [0, 0.05) is 18.6 Å². The molecule has 1 aromatic carbocycles. The number of rotatable bonds is 4. The monoisotopic (exact) mass is 283 g/mol. The van der Waals surface area contributed by atoms with E-state index in [1.165, 1.54) is 25.0 Å². The van der Waals surface area contributed by atoms with Gasteiger partial charge in [-0.1, -0.05) is 31.0 Å². The Kier molecular flexibility index (Phi) is 3.76. The molecule has 0 N–H and O–H groups in total. The van der Waals surface area contributed by atoms with E-state index in [0.717, 1.165) is 25.7 Å². The fraction of sp³-hybridized carbons (Fsp3) is 0.625. The van der Waals surface area contributed by atoms with E-state index in [1.54, 1.807) is 12.1 Å². The van der Waals surface area contributed by atoms with Crippen molar-refractivity contribution in [2.45, 2.75) is 63.3 Å². The van der Waals surface area contributed by atoms with E-state index in [9.17, 15) is 13.2 Å². The lowest BCUT2D eigenvalue weighted by Gasteiger charge is -2.30. The van der Waals surface area contributed by atoms with Crippen LogP contribution in [0.25, 0.3) is 0 Å². The first-order valence-corrected chi connectivity index (χ1v) is 7.46. The van der Waals surface area contributed by atoms with Gasteiger partial charge in [-0.15, -0.1) is 0 Å². The van der Waals surface area contributed by atoms with E-state index >= 15 is 0 Å². The summed E-state index contributed by atoms with van der Waals surface area (Å²) in [6.45, 7) is 0.449. The molecule has 2 fully saturated rings. The summed E-state index contributed by atoms with van der Waals surface area (Å²) in [7, 11) is 0. The molecule has 0 atom stereocenters. The van der Waals surface area contributed by atoms with Crippen LogP contribution in [0.1, 0.15) is 49.7 Å². The summed E-state index contributed by atoms with van der Waals surface area (Å²) in [5, 5.41) is 0. The van der Waals surface area contributed by atoms with Crippen LogP contribution in [0.4, 0.5) is 13.2 Å². The molecule has 1 aromatic rings. The predicted octanol–water partition coefficient (Wildman–Crippen LogP) is 4.61. The number of nitrogens with zero attached hydrogens (tertiary/aromatic N) is 1. The Morgan fingerprint density at radius 2 is 1.55 bits per heavy atom. The molecule has 0 unspecified atom stereocenters. The number of hydrogen-bond acceptors (Lipinski definition) is 1. The van der Waals surface area contributed by atoms with E-state index in [4.69, 9.17) is 0 Å². The van der Waals surface area contributed by atoms with Crippen molar-refractivity contribution in [1.29, 1.82) is 0 Å². The Balaban J connectivity index is 1.81. The zero-order valence-electron chi connectivity index (χ0n) is 11.5. The van der Waals surface area contributed by atoms with Crippen LogP contribution in [0.5, 0.6) is 0 Å². The van der Waals surface area contributed by atoms with Crippen molar-refractivity contribution in [2.24, 2.45) is 0 Å². The van der Waals surface area contributed by atoms with Crippen LogP contribution in [0, 0.1) is 0 Å². The molecule has 0 bridgehead atoms. The largest absolute Gasteiger partial charge is 0.416 e. The van der Waals surface area contributed by atoms with Gasteiger partial charge in [0.1, 0.15) is 0 Å². The van der Waals surface area contributed by atoms with Gasteiger partial charge in [0.2, 0.25) is 0 Å². The minimum Gasteiger partial charge on any atom is -0.293 e. The Bertz CT molecular complexity index is 459. The molecule has 2 saturated carbocycles. The molecule has 0 amide bonds. The zero-order valence-corrected chi connectivity index (χ0v) is 11.5. The average molecular weight is 283 g/mol. The summed E-state index contributed by atoms with van der Waals surface area (Å²) in [5.41, 5.74) is -0.0394. The molecule has 0 radical (unpaired) electrons. The topological polar surface area (TPSA) is 3.24 Å². The summed E-state index contributed by atoms with van der Waals surface area (Å²) >= 11 is 0. The SMILES string of the molecule is FC(F)(F)c1ccccc1CN(C1CCCC1)C1CC1. The molecule has 0 aromatic heterocycles. The van der Waals surface area contributed by atoms with E-state index in [2.05, 4.69) is 4.90 Å². The molecule has 20 heavy (non-hydrogen) atoms. The second-order valence-electron chi connectivity index (χ2n) is 6.00. The van der Waals surface area contributed by atoms with E-state index in [0.29, 0.717) is 24.2 Å². The highest BCUT2D eigenvalue weighted by Crippen LogP contribution is 2.38. The van der Waals surface area contributed by atoms with E-state index < -0.39 is 11.7 Å². The van der Waals surface area contributed by atoms with Gasteiger partial charge in [0.05, 0.1) is 5.56 Å². The third-order valence-electron chi connectivity index (χ3n) is 4.49. The first-order valence-electron chi connectivity index (χ1n) is 7.46. The maximum Gasteiger partial charge on any atom is 0.416 e. The van der Waals surface area contributed by atoms with Crippen LogP contribution in [-0.2, 0) is 12.7 Å². The smallest absolute Gasteiger partial charge is 0.293 e. The van der Waals surface area contributed by atoms with E-state index in [1.807, 2.05) is 0 Å². The molecule has 2 aliphatic carbocycles. The third kappa shape index (κ3) is 3.00. The van der Waals surface area contributed by atoms with Crippen LogP contribution in [0.3, 0.4) is 0 Å². The Morgan fingerprint density at radius 3 is 2.15 bits per heavy atom.